The largest absolute Gasteiger partial charge is 0.480 e. The van der Waals surface area contributed by atoms with Gasteiger partial charge in [-0.15, -0.1) is 8.78 Å². The molecule has 1 unspecified atom stereocenters. The maximum atomic E-state index is 13.0. The molecule has 5 heteroatoms. The van der Waals surface area contributed by atoms with Gasteiger partial charge in [0.25, 0.3) is 0 Å². The summed E-state index contributed by atoms with van der Waals surface area (Å²) in [5.74, 6) is 0.747. The quantitative estimate of drug-likeness (QED) is 0.554. The van der Waals surface area contributed by atoms with Crippen LogP contribution in [0.2, 0.25) is 0 Å². The molecule has 126 valence electrons. The second kappa shape index (κ2) is 5.86. The summed E-state index contributed by atoms with van der Waals surface area (Å²) in [6.45, 7) is 0. The highest BCUT2D eigenvalue weighted by Crippen LogP contribution is 2.45. The van der Waals surface area contributed by atoms with Crippen molar-refractivity contribution < 1.29 is 18.3 Å². The van der Waals surface area contributed by atoms with E-state index in [1.54, 1.807) is 12.1 Å². The van der Waals surface area contributed by atoms with Crippen molar-refractivity contribution in [3.05, 3.63) is 83.9 Å². The first kappa shape index (κ1) is 15.6. The smallest absolute Gasteiger partial charge is 0.466 e. The molecular weight excluding hydrogens is 324 g/mol. The minimum atomic E-state index is -3.73. The van der Waals surface area contributed by atoms with E-state index in [0.717, 1.165) is 28.0 Å². The van der Waals surface area contributed by atoms with E-state index < -0.39 is 12.3 Å². The lowest BCUT2D eigenvalue weighted by atomic mass is 9.89. The fourth-order valence-corrected chi connectivity index (χ4v) is 3.08. The number of fused-ring (bicyclic) bond motifs is 3. The molecule has 1 heterocycles. The van der Waals surface area contributed by atoms with Gasteiger partial charge in [0.15, 0.2) is 0 Å². The van der Waals surface area contributed by atoms with Crippen LogP contribution in [-0.2, 0) is 0 Å². The first-order chi connectivity index (χ1) is 12.0. The number of hydrogen-bond acceptors (Lipinski definition) is 3. The van der Waals surface area contributed by atoms with Gasteiger partial charge in [-0.2, -0.15) is 0 Å². The van der Waals surface area contributed by atoms with Crippen molar-refractivity contribution in [2.45, 2.75) is 12.3 Å². The minimum Gasteiger partial charge on any atom is -0.480 e. The van der Waals surface area contributed by atoms with Crippen LogP contribution in [-0.4, -0.2) is 6.23 Å². The van der Waals surface area contributed by atoms with Gasteiger partial charge < -0.3 is 9.47 Å². The number of nitrogens with two attached hydrogens (primary N) is 1. The third-order valence-corrected chi connectivity index (χ3v) is 4.08. The number of alkyl halides is 2. The standard InChI is InChI=1S/C20H15F2NO2/c21-20(22,23)25-14-10-11-15-16-8-4-5-9-18(16)24-19(17(15)12-14)13-6-2-1-3-7-13/h1-12,19H,23H2. The Morgan fingerprint density at radius 3 is 2.36 bits per heavy atom. The zero-order valence-corrected chi connectivity index (χ0v) is 13.2. The predicted octanol–water partition coefficient (Wildman–Crippen LogP) is 4.72. The van der Waals surface area contributed by atoms with E-state index in [0.29, 0.717) is 0 Å². The number of halogens is 2. The Bertz CT molecular complexity index is 907. The predicted molar refractivity (Wildman–Crippen MR) is 90.6 cm³/mol. The summed E-state index contributed by atoms with van der Waals surface area (Å²) in [6, 6.07) is 22.1. The average Bonchev–Trinajstić information content (AvgIpc) is 2.60. The number of benzene rings is 3. The van der Waals surface area contributed by atoms with Crippen LogP contribution < -0.4 is 15.2 Å². The summed E-state index contributed by atoms with van der Waals surface area (Å²) in [5, 5.41) is 0. The van der Waals surface area contributed by atoms with Crippen molar-refractivity contribution in [1.29, 1.82) is 0 Å². The van der Waals surface area contributed by atoms with Gasteiger partial charge in [-0.3, -0.25) is 0 Å². The van der Waals surface area contributed by atoms with E-state index in [1.165, 1.54) is 6.07 Å². The molecule has 1 aliphatic rings. The van der Waals surface area contributed by atoms with Crippen LogP contribution in [0.3, 0.4) is 0 Å². The van der Waals surface area contributed by atoms with E-state index >= 15 is 0 Å². The summed E-state index contributed by atoms with van der Waals surface area (Å²) in [7, 11) is 0. The van der Waals surface area contributed by atoms with Crippen molar-refractivity contribution in [2.24, 2.45) is 5.73 Å². The van der Waals surface area contributed by atoms with Gasteiger partial charge in [-0.1, -0.05) is 54.6 Å². The van der Waals surface area contributed by atoms with Gasteiger partial charge >= 0.3 is 6.23 Å². The fourth-order valence-electron chi connectivity index (χ4n) is 3.08. The molecule has 3 aromatic rings. The minimum absolute atomic E-state index is 0.00448. The third kappa shape index (κ3) is 3.06. The van der Waals surface area contributed by atoms with Crippen molar-refractivity contribution in [2.75, 3.05) is 0 Å². The average molecular weight is 339 g/mol. The highest BCUT2D eigenvalue weighted by Gasteiger charge is 2.30. The molecule has 0 radical (unpaired) electrons. The van der Waals surface area contributed by atoms with Crippen molar-refractivity contribution in [3.8, 4) is 22.6 Å². The Morgan fingerprint density at radius 2 is 1.60 bits per heavy atom. The van der Waals surface area contributed by atoms with Crippen LogP contribution in [0, 0.1) is 0 Å². The van der Waals surface area contributed by atoms with Crippen LogP contribution in [0.4, 0.5) is 8.78 Å². The summed E-state index contributed by atoms with van der Waals surface area (Å²) in [6.07, 6.45) is -4.15. The van der Waals surface area contributed by atoms with E-state index in [2.05, 4.69) is 10.5 Å². The Kier molecular flexibility index (Phi) is 3.66. The second-order valence-electron chi connectivity index (χ2n) is 5.82. The summed E-state index contributed by atoms with van der Waals surface area (Å²) >= 11 is 0. The van der Waals surface area contributed by atoms with Gasteiger partial charge in [0, 0.05) is 11.1 Å². The van der Waals surface area contributed by atoms with E-state index in [4.69, 9.17) is 4.74 Å². The number of hydrogen-bond donors (Lipinski definition) is 1. The fraction of sp³-hybridized carbons (Fsp3) is 0.100. The monoisotopic (exact) mass is 339 g/mol. The van der Waals surface area contributed by atoms with Crippen LogP contribution in [0.1, 0.15) is 17.2 Å². The Labute approximate surface area is 143 Å². The second-order valence-corrected chi connectivity index (χ2v) is 5.82. The van der Waals surface area contributed by atoms with Crippen molar-refractivity contribution >= 4 is 0 Å². The van der Waals surface area contributed by atoms with E-state index in [-0.39, 0.29) is 5.75 Å². The van der Waals surface area contributed by atoms with Crippen molar-refractivity contribution in [1.82, 2.24) is 0 Å². The molecular formula is C20H15F2NO2. The highest BCUT2D eigenvalue weighted by molar-refractivity contribution is 5.77. The molecule has 0 saturated heterocycles. The molecule has 0 spiro atoms. The Balaban J connectivity index is 1.86. The van der Waals surface area contributed by atoms with Gasteiger partial charge in [0.1, 0.15) is 17.6 Å². The molecule has 0 amide bonds. The summed E-state index contributed by atoms with van der Waals surface area (Å²) in [4.78, 5) is 0. The maximum Gasteiger partial charge on any atom is 0.466 e. The summed E-state index contributed by atoms with van der Waals surface area (Å²) in [5.41, 5.74) is 8.19. The number of rotatable bonds is 3. The van der Waals surface area contributed by atoms with E-state index in [9.17, 15) is 8.78 Å². The highest BCUT2D eigenvalue weighted by atomic mass is 19.3. The number of para-hydroxylation sites is 1. The molecule has 3 nitrogen and oxygen atoms in total. The lowest BCUT2D eigenvalue weighted by Crippen LogP contribution is -2.35. The van der Waals surface area contributed by atoms with Crippen molar-refractivity contribution in [3.63, 3.8) is 0 Å². The SMILES string of the molecule is NC(F)(F)Oc1ccc2c(c1)C(c1ccccc1)Oc1ccccc1-2. The van der Waals surface area contributed by atoms with Gasteiger partial charge in [-0.05, 0) is 29.3 Å². The first-order valence-electron chi connectivity index (χ1n) is 7.82. The normalized spacial score (nSPS) is 15.7. The molecule has 1 atom stereocenters. The Hall–Kier alpha value is -2.92. The molecule has 0 fully saturated rings. The molecule has 1 aliphatic heterocycles. The summed E-state index contributed by atoms with van der Waals surface area (Å²) < 4.78 is 36.7. The van der Waals surface area contributed by atoms with Crippen LogP contribution >= 0.6 is 0 Å². The van der Waals surface area contributed by atoms with Crippen LogP contribution in [0.5, 0.6) is 11.5 Å². The molecule has 0 aliphatic carbocycles. The molecule has 0 bridgehead atoms. The molecule has 0 aromatic heterocycles. The lowest BCUT2D eigenvalue weighted by Gasteiger charge is -2.29. The van der Waals surface area contributed by atoms with Gasteiger partial charge in [0.05, 0.1) is 0 Å². The zero-order chi connectivity index (χ0) is 17.4. The Morgan fingerprint density at radius 1 is 0.880 bits per heavy atom. The van der Waals surface area contributed by atoms with Gasteiger partial charge in [0.2, 0.25) is 0 Å². The zero-order valence-electron chi connectivity index (χ0n) is 13.2. The van der Waals surface area contributed by atoms with Crippen LogP contribution in [0.25, 0.3) is 11.1 Å². The molecule has 2 N–H and O–H groups in total. The molecule has 25 heavy (non-hydrogen) atoms. The molecule has 0 saturated carbocycles. The maximum absolute atomic E-state index is 13.0. The topological polar surface area (TPSA) is 44.5 Å². The lowest BCUT2D eigenvalue weighted by molar-refractivity contribution is -0.170. The van der Waals surface area contributed by atoms with E-state index in [1.807, 2.05) is 54.6 Å². The molecule has 4 rings (SSSR count). The first-order valence-corrected chi connectivity index (χ1v) is 7.82. The van der Waals surface area contributed by atoms with Crippen LogP contribution in [0.15, 0.2) is 72.8 Å². The van der Waals surface area contributed by atoms with Gasteiger partial charge in [-0.25, -0.2) is 5.73 Å². The number of ether oxygens (including phenoxy) is 2. The molecule has 3 aromatic carbocycles. The third-order valence-electron chi connectivity index (χ3n) is 4.08.